The molecule has 1 aliphatic heterocycles. The zero-order valence-electron chi connectivity index (χ0n) is 20.7. The van der Waals surface area contributed by atoms with Crippen molar-refractivity contribution in [3.63, 3.8) is 0 Å². The second-order valence-corrected chi connectivity index (χ2v) is 9.03. The molecule has 194 valence electrons. The van der Waals surface area contributed by atoms with Crippen LogP contribution in [-0.2, 0) is 22.5 Å². The van der Waals surface area contributed by atoms with Gasteiger partial charge in [-0.3, -0.25) is 14.5 Å². The van der Waals surface area contributed by atoms with E-state index in [0.29, 0.717) is 12.2 Å². The molecule has 2 amide bonds. The Labute approximate surface area is 215 Å². The summed E-state index contributed by atoms with van der Waals surface area (Å²) in [6, 6.07) is 18.6. The molecule has 0 unspecified atom stereocenters. The van der Waals surface area contributed by atoms with Crippen molar-refractivity contribution < 1.29 is 23.1 Å². The topological polar surface area (TPSA) is 61.9 Å². The molecule has 0 aliphatic carbocycles. The highest BCUT2D eigenvalue weighted by Crippen LogP contribution is 2.22. The number of nitrogens with zero attached hydrogens (tertiary/aromatic N) is 2. The SMILES string of the molecule is O=C(Cc1ccc(N(Cc2ccc(F)cc2)C(=O)c2cccc(F)c2)cc1)NCCCN1CCOCC1. The number of amides is 2. The molecule has 8 heteroatoms. The normalized spacial score (nSPS) is 13.8. The lowest BCUT2D eigenvalue weighted by molar-refractivity contribution is -0.120. The maximum absolute atomic E-state index is 13.8. The van der Waals surface area contributed by atoms with Crippen LogP contribution in [-0.4, -0.2) is 56.1 Å². The van der Waals surface area contributed by atoms with Gasteiger partial charge < -0.3 is 15.0 Å². The Morgan fingerprint density at radius 3 is 2.30 bits per heavy atom. The summed E-state index contributed by atoms with van der Waals surface area (Å²) >= 11 is 0. The maximum Gasteiger partial charge on any atom is 0.258 e. The number of hydrogen-bond acceptors (Lipinski definition) is 4. The summed E-state index contributed by atoms with van der Waals surface area (Å²) in [6.07, 6.45) is 1.11. The van der Waals surface area contributed by atoms with Gasteiger partial charge in [0.25, 0.3) is 5.91 Å². The molecule has 0 aromatic heterocycles. The summed E-state index contributed by atoms with van der Waals surface area (Å²) in [6.45, 7) is 5.11. The van der Waals surface area contributed by atoms with Gasteiger partial charge in [0.05, 0.1) is 26.2 Å². The van der Waals surface area contributed by atoms with Crippen molar-refractivity contribution in [3.05, 3.63) is 101 Å². The van der Waals surface area contributed by atoms with Crippen molar-refractivity contribution in [1.29, 1.82) is 0 Å². The van der Waals surface area contributed by atoms with E-state index in [0.717, 1.165) is 50.4 Å². The van der Waals surface area contributed by atoms with Crippen molar-refractivity contribution in [1.82, 2.24) is 10.2 Å². The molecule has 1 aliphatic rings. The first kappa shape index (κ1) is 26.4. The quantitative estimate of drug-likeness (QED) is 0.418. The van der Waals surface area contributed by atoms with E-state index in [1.54, 1.807) is 42.5 Å². The maximum atomic E-state index is 13.8. The number of morpholine rings is 1. The molecule has 37 heavy (non-hydrogen) atoms. The third-order valence-corrected chi connectivity index (χ3v) is 6.26. The second kappa shape index (κ2) is 13.1. The number of carbonyl (C=O) groups excluding carboxylic acids is 2. The fraction of sp³-hybridized carbons (Fsp3) is 0.310. The minimum absolute atomic E-state index is 0.0614. The largest absolute Gasteiger partial charge is 0.379 e. The summed E-state index contributed by atoms with van der Waals surface area (Å²) in [4.78, 5) is 29.5. The first-order chi connectivity index (χ1) is 18.0. The van der Waals surface area contributed by atoms with Crippen molar-refractivity contribution in [3.8, 4) is 0 Å². The lowest BCUT2D eigenvalue weighted by atomic mass is 10.1. The van der Waals surface area contributed by atoms with Crippen LogP contribution < -0.4 is 10.2 Å². The minimum Gasteiger partial charge on any atom is -0.379 e. The molecule has 0 spiro atoms. The van der Waals surface area contributed by atoms with E-state index < -0.39 is 5.82 Å². The zero-order valence-corrected chi connectivity index (χ0v) is 20.7. The number of rotatable bonds is 10. The van der Waals surface area contributed by atoms with Crippen LogP contribution in [0, 0.1) is 11.6 Å². The van der Waals surface area contributed by atoms with E-state index in [-0.39, 0.29) is 36.2 Å². The number of ether oxygens (including phenoxy) is 1. The molecule has 0 atom stereocenters. The average molecular weight is 508 g/mol. The van der Waals surface area contributed by atoms with Gasteiger partial charge in [-0.15, -0.1) is 0 Å². The summed E-state index contributed by atoms with van der Waals surface area (Å²) in [5.74, 6) is -1.31. The zero-order chi connectivity index (χ0) is 26.0. The molecule has 0 bridgehead atoms. The van der Waals surface area contributed by atoms with Crippen LogP contribution in [0.5, 0.6) is 0 Å². The van der Waals surface area contributed by atoms with E-state index >= 15 is 0 Å². The third-order valence-electron chi connectivity index (χ3n) is 6.26. The molecule has 3 aromatic carbocycles. The Morgan fingerprint density at radius 1 is 0.892 bits per heavy atom. The smallest absolute Gasteiger partial charge is 0.258 e. The van der Waals surface area contributed by atoms with Crippen LogP contribution in [0.15, 0.2) is 72.8 Å². The van der Waals surface area contributed by atoms with Gasteiger partial charge in [0.1, 0.15) is 11.6 Å². The van der Waals surface area contributed by atoms with Crippen molar-refractivity contribution in [2.45, 2.75) is 19.4 Å². The first-order valence-corrected chi connectivity index (χ1v) is 12.5. The lowest BCUT2D eigenvalue weighted by Gasteiger charge is -2.26. The molecule has 0 saturated carbocycles. The molecule has 1 heterocycles. The molecule has 1 fully saturated rings. The number of hydrogen-bond donors (Lipinski definition) is 1. The van der Waals surface area contributed by atoms with Crippen LogP contribution in [0.3, 0.4) is 0 Å². The summed E-state index contributed by atoms with van der Waals surface area (Å²) in [7, 11) is 0. The molecule has 0 radical (unpaired) electrons. The lowest BCUT2D eigenvalue weighted by Crippen LogP contribution is -2.38. The van der Waals surface area contributed by atoms with Gasteiger partial charge in [-0.2, -0.15) is 0 Å². The van der Waals surface area contributed by atoms with Crippen LogP contribution in [0.1, 0.15) is 27.9 Å². The number of halogens is 2. The average Bonchev–Trinajstić information content (AvgIpc) is 2.91. The Bertz CT molecular complexity index is 1180. The molecule has 3 aromatic rings. The fourth-order valence-electron chi connectivity index (χ4n) is 4.23. The predicted octanol–water partition coefficient (Wildman–Crippen LogP) is 4.19. The predicted molar refractivity (Wildman–Crippen MR) is 138 cm³/mol. The number of benzene rings is 3. The summed E-state index contributed by atoms with van der Waals surface area (Å²) < 4.78 is 32.5. The highest BCUT2D eigenvalue weighted by molar-refractivity contribution is 6.06. The van der Waals surface area contributed by atoms with E-state index in [1.165, 1.54) is 35.2 Å². The van der Waals surface area contributed by atoms with Gasteiger partial charge >= 0.3 is 0 Å². The Kier molecular flexibility index (Phi) is 9.35. The van der Waals surface area contributed by atoms with Crippen LogP contribution in [0.2, 0.25) is 0 Å². The third kappa shape index (κ3) is 7.93. The van der Waals surface area contributed by atoms with E-state index in [4.69, 9.17) is 4.74 Å². The van der Waals surface area contributed by atoms with Crippen LogP contribution in [0.25, 0.3) is 0 Å². The van der Waals surface area contributed by atoms with Gasteiger partial charge in [-0.25, -0.2) is 8.78 Å². The van der Waals surface area contributed by atoms with Crippen molar-refractivity contribution in [2.24, 2.45) is 0 Å². The molecule has 4 rings (SSSR count). The number of carbonyl (C=O) groups is 2. The molecular weight excluding hydrogens is 476 g/mol. The Hall–Kier alpha value is -3.62. The van der Waals surface area contributed by atoms with Gasteiger partial charge in [0.15, 0.2) is 0 Å². The monoisotopic (exact) mass is 507 g/mol. The minimum atomic E-state index is -0.501. The highest BCUT2D eigenvalue weighted by atomic mass is 19.1. The first-order valence-electron chi connectivity index (χ1n) is 12.5. The van der Waals surface area contributed by atoms with Gasteiger partial charge in [0, 0.05) is 30.9 Å². The standard InChI is InChI=1S/C29H31F2N3O3/c30-25-9-5-23(6-10-25)21-34(29(36)24-3-1-4-26(31)20-24)27-11-7-22(8-12-27)19-28(35)32-13-2-14-33-15-17-37-18-16-33/h1,3-12,20H,2,13-19,21H2,(H,32,35). The molecule has 1 N–H and O–H groups in total. The van der Waals surface area contributed by atoms with Crippen LogP contribution in [0.4, 0.5) is 14.5 Å². The molecule has 1 saturated heterocycles. The summed E-state index contributed by atoms with van der Waals surface area (Å²) in [5.41, 5.74) is 2.34. The molecule has 6 nitrogen and oxygen atoms in total. The van der Waals surface area contributed by atoms with Gasteiger partial charge in [-0.05, 0) is 66.6 Å². The van der Waals surface area contributed by atoms with E-state index in [1.807, 2.05) is 0 Å². The number of nitrogens with one attached hydrogen (secondary N) is 1. The highest BCUT2D eigenvalue weighted by Gasteiger charge is 2.19. The summed E-state index contributed by atoms with van der Waals surface area (Å²) in [5, 5.41) is 2.96. The number of anilines is 1. The Balaban J connectivity index is 1.38. The van der Waals surface area contributed by atoms with Gasteiger partial charge in [-0.1, -0.05) is 30.3 Å². The van der Waals surface area contributed by atoms with Crippen LogP contribution >= 0.6 is 0 Å². The van der Waals surface area contributed by atoms with Crippen molar-refractivity contribution in [2.75, 3.05) is 44.3 Å². The molecular formula is C29H31F2N3O3. The van der Waals surface area contributed by atoms with E-state index in [9.17, 15) is 18.4 Å². The van der Waals surface area contributed by atoms with E-state index in [2.05, 4.69) is 10.2 Å². The fourth-order valence-corrected chi connectivity index (χ4v) is 4.23. The Morgan fingerprint density at radius 2 is 1.59 bits per heavy atom. The van der Waals surface area contributed by atoms with Gasteiger partial charge in [0.2, 0.25) is 5.91 Å². The van der Waals surface area contributed by atoms with Crippen molar-refractivity contribution >= 4 is 17.5 Å². The second-order valence-electron chi connectivity index (χ2n) is 9.03.